The molecule has 5 heteroatoms. The number of hydrogen-bond acceptors (Lipinski definition) is 5. The number of carbonyl (C=O) groups is 3. The van der Waals surface area contributed by atoms with Gasteiger partial charge in [-0.25, -0.2) is 0 Å². The van der Waals surface area contributed by atoms with Crippen LogP contribution in [0.5, 0.6) is 0 Å². The molecule has 0 unspecified atom stereocenters. The maximum atomic E-state index is 12.4. The fourth-order valence-electron chi connectivity index (χ4n) is 2.64. The highest BCUT2D eigenvalue weighted by atomic mass is 32.2. The number of hydrogen-bond donors (Lipinski definition) is 0. The number of ketones is 1. The quantitative estimate of drug-likeness (QED) is 0.454. The molecule has 3 atom stereocenters. The molecule has 0 amide bonds. The molecule has 0 aromatic heterocycles. The highest BCUT2D eigenvalue weighted by molar-refractivity contribution is 8.13. The summed E-state index contributed by atoms with van der Waals surface area (Å²) < 4.78 is 4.76. The van der Waals surface area contributed by atoms with Crippen LogP contribution >= 0.6 is 11.8 Å². The van der Waals surface area contributed by atoms with Gasteiger partial charge in [-0.1, -0.05) is 35.9 Å². The fourth-order valence-corrected chi connectivity index (χ4v) is 3.45. The van der Waals surface area contributed by atoms with Crippen LogP contribution in [0.1, 0.15) is 27.7 Å². The fraction of sp³-hybridized carbons (Fsp3) is 0.562. The van der Waals surface area contributed by atoms with E-state index in [4.69, 9.17) is 4.74 Å². The van der Waals surface area contributed by atoms with E-state index < -0.39 is 23.7 Å². The van der Waals surface area contributed by atoms with Crippen molar-refractivity contribution < 1.29 is 19.1 Å². The monoisotopic (exact) mass is 310 g/mol. The number of ether oxygens (including phenoxy) is 1. The average Bonchev–Trinajstić information content (AvgIpc) is 2.37. The highest BCUT2D eigenvalue weighted by Gasteiger charge is 2.44. The Morgan fingerprint density at radius 3 is 2.43 bits per heavy atom. The summed E-state index contributed by atoms with van der Waals surface area (Å²) in [7, 11) is 1.26. The van der Waals surface area contributed by atoms with Gasteiger partial charge in [0.25, 0.3) is 0 Å². The molecule has 0 aromatic rings. The lowest BCUT2D eigenvalue weighted by atomic mass is 9.71. The molecule has 0 radical (unpaired) electrons. The third-order valence-electron chi connectivity index (χ3n) is 3.46. The molecule has 0 heterocycles. The normalized spacial score (nSPS) is 25.1. The Balaban J connectivity index is 3.34. The Hall–Kier alpha value is -1.36. The third-order valence-corrected chi connectivity index (χ3v) is 4.29. The molecule has 4 nitrogen and oxygen atoms in total. The van der Waals surface area contributed by atoms with Gasteiger partial charge >= 0.3 is 5.97 Å². The van der Waals surface area contributed by atoms with Crippen molar-refractivity contribution in [2.75, 3.05) is 12.9 Å². The maximum Gasteiger partial charge on any atom is 0.317 e. The van der Waals surface area contributed by atoms with Crippen molar-refractivity contribution in [2.45, 2.75) is 27.7 Å². The number of allylic oxidation sites excluding steroid dienone is 4. The van der Waals surface area contributed by atoms with Gasteiger partial charge in [0.1, 0.15) is 5.92 Å². The summed E-state index contributed by atoms with van der Waals surface area (Å²) in [5.74, 6) is -2.04. The van der Waals surface area contributed by atoms with E-state index in [1.165, 1.54) is 24.9 Å². The molecule has 0 saturated heterocycles. The Kier molecular flexibility index (Phi) is 6.40. The first kappa shape index (κ1) is 17.7. The number of methoxy groups -OCH3 is 1. The summed E-state index contributed by atoms with van der Waals surface area (Å²) in [5.41, 5.74) is 1.68. The molecule has 0 N–H and O–H groups in total. The SMILES string of the molecule is CCSC(=O)[C@H]1C(C)=CC(=O)[C@H](C(=O)OC)[C@H]1C=C(C)C. The summed E-state index contributed by atoms with van der Waals surface area (Å²) in [4.78, 5) is 36.6. The van der Waals surface area contributed by atoms with Crippen molar-refractivity contribution in [3.63, 3.8) is 0 Å². The first-order valence-corrected chi connectivity index (χ1v) is 7.93. The van der Waals surface area contributed by atoms with Crippen LogP contribution in [0.25, 0.3) is 0 Å². The van der Waals surface area contributed by atoms with Crippen molar-refractivity contribution in [1.82, 2.24) is 0 Å². The molecular formula is C16H22O4S. The molecule has 21 heavy (non-hydrogen) atoms. The van der Waals surface area contributed by atoms with Crippen LogP contribution in [-0.2, 0) is 19.1 Å². The number of esters is 1. The van der Waals surface area contributed by atoms with Crippen molar-refractivity contribution in [2.24, 2.45) is 17.8 Å². The lowest BCUT2D eigenvalue weighted by Gasteiger charge is -2.32. The highest BCUT2D eigenvalue weighted by Crippen LogP contribution is 2.38. The van der Waals surface area contributed by atoms with E-state index in [0.717, 1.165) is 5.57 Å². The number of rotatable bonds is 4. The number of thioether (sulfide) groups is 1. The van der Waals surface area contributed by atoms with Gasteiger partial charge in [0.2, 0.25) is 0 Å². The zero-order valence-electron chi connectivity index (χ0n) is 13.1. The van der Waals surface area contributed by atoms with E-state index in [2.05, 4.69) is 0 Å². The van der Waals surface area contributed by atoms with Gasteiger partial charge in [0.15, 0.2) is 10.9 Å². The summed E-state index contributed by atoms with van der Waals surface area (Å²) >= 11 is 1.22. The molecule has 0 aliphatic heterocycles. The number of carbonyl (C=O) groups excluding carboxylic acids is 3. The largest absolute Gasteiger partial charge is 0.468 e. The van der Waals surface area contributed by atoms with Crippen molar-refractivity contribution in [3.05, 3.63) is 23.3 Å². The van der Waals surface area contributed by atoms with Gasteiger partial charge in [-0.05, 0) is 32.6 Å². The second-order valence-corrected chi connectivity index (χ2v) is 6.61. The molecule has 1 aliphatic carbocycles. The second-order valence-electron chi connectivity index (χ2n) is 5.34. The third kappa shape index (κ3) is 4.06. The molecule has 0 aromatic carbocycles. The van der Waals surface area contributed by atoms with Crippen molar-refractivity contribution >= 4 is 28.6 Å². The Morgan fingerprint density at radius 1 is 1.33 bits per heavy atom. The van der Waals surface area contributed by atoms with E-state index in [9.17, 15) is 14.4 Å². The minimum absolute atomic E-state index is 0.00449. The Morgan fingerprint density at radius 2 is 1.95 bits per heavy atom. The van der Waals surface area contributed by atoms with E-state index in [1.807, 2.05) is 26.8 Å². The average molecular weight is 310 g/mol. The molecule has 0 saturated carbocycles. The van der Waals surface area contributed by atoms with Gasteiger partial charge < -0.3 is 4.74 Å². The minimum atomic E-state index is -0.931. The lowest BCUT2D eigenvalue weighted by Crippen LogP contribution is -2.41. The van der Waals surface area contributed by atoms with Crippen LogP contribution in [0.2, 0.25) is 0 Å². The second kappa shape index (κ2) is 7.59. The predicted molar refractivity (Wildman–Crippen MR) is 83.8 cm³/mol. The van der Waals surface area contributed by atoms with Crippen molar-refractivity contribution in [3.8, 4) is 0 Å². The van der Waals surface area contributed by atoms with Crippen LogP contribution in [0, 0.1) is 17.8 Å². The first-order chi connectivity index (χ1) is 9.83. The van der Waals surface area contributed by atoms with E-state index in [-0.39, 0.29) is 10.9 Å². The Bertz CT molecular complexity index is 500. The molecule has 0 bridgehead atoms. The molecular weight excluding hydrogens is 288 g/mol. The standard InChI is InChI=1S/C16H22O4S/c1-6-21-16(19)13-10(4)8-12(17)14(15(18)20-5)11(13)7-9(2)3/h7-8,11,13-14H,6H2,1-5H3/t11-,13-,14+/m0/s1. The van der Waals surface area contributed by atoms with Crippen LogP contribution in [0.4, 0.5) is 0 Å². The van der Waals surface area contributed by atoms with Gasteiger partial charge in [-0.15, -0.1) is 0 Å². The molecule has 0 fully saturated rings. The van der Waals surface area contributed by atoms with Gasteiger partial charge in [-0.3, -0.25) is 14.4 Å². The predicted octanol–water partition coefficient (Wildman–Crippen LogP) is 2.78. The van der Waals surface area contributed by atoms with Gasteiger partial charge in [0, 0.05) is 5.92 Å². The van der Waals surface area contributed by atoms with Gasteiger partial charge in [0.05, 0.1) is 13.0 Å². The zero-order valence-corrected chi connectivity index (χ0v) is 14.0. The van der Waals surface area contributed by atoms with Gasteiger partial charge in [-0.2, -0.15) is 0 Å². The summed E-state index contributed by atoms with van der Waals surface area (Å²) in [5, 5.41) is -0.00449. The van der Waals surface area contributed by atoms with Crippen LogP contribution in [0.3, 0.4) is 0 Å². The van der Waals surface area contributed by atoms with Crippen LogP contribution in [-0.4, -0.2) is 29.7 Å². The van der Waals surface area contributed by atoms with E-state index in [1.54, 1.807) is 6.92 Å². The summed E-state index contributed by atoms with van der Waals surface area (Å²) in [6, 6.07) is 0. The van der Waals surface area contributed by atoms with Crippen LogP contribution in [0.15, 0.2) is 23.3 Å². The first-order valence-electron chi connectivity index (χ1n) is 6.95. The van der Waals surface area contributed by atoms with E-state index >= 15 is 0 Å². The summed E-state index contributed by atoms with van der Waals surface area (Å²) in [6.45, 7) is 7.46. The maximum absolute atomic E-state index is 12.4. The zero-order chi connectivity index (χ0) is 16.2. The molecule has 116 valence electrons. The smallest absolute Gasteiger partial charge is 0.317 e. The topological polar surface area (TPSA) is 60.4 Å². The lowest BCUT2D eigenvalue weighted by molar-refractivity contribution is -0.150. The van der Waals surface area contributed by atoms with Crippen LogP contribution < -0.4 is 0 Å². The van der Waals surface area contributed by atoms with E-state index in [0.29, 0.717) is 11.3 Å². The molecule has 0 spiro atoms. The van der Waals surface area contributed by atoms with Crippen molar-refractivity contribution in [1.29, 1.82) is 0 Å². The Labute approximate surface area is 130 Å². The molecule has 1 rings (SSSR count). The minimum Gasteiger partial charge on any atom is -0.468 e. The molecule has 1 aliphatic rings. The summed E-state index contributed by atoms with van der Waals surface area (Å²) in [6.07, 6.45) is 3.25.